The van der Waals surface area contributed by atoms with E-state index in [9.17, 15) is 10.3 Å². The molecule has 0 saturated carbocycles. The molecule has 0 fully saturated rings. The van der Waals surface area contributed by atoms with Crippen LogP contribution in [0.1, 0.15) is 5.56 Å². The summed E-state index contributed by atoms with van der Waals surface area (Å²) in [6.07, 6.45) is 1.47. The number of benzene rings is 1. The highest BCUT2D eigenvalue weighted by Crippen LogP contribution is 2.25. The van der Waals surface area contributed by atoms with Crippen LogP contribution in [0.4, 0.5) is 0 Å². The number of hydrogen-bond donors (Lipinski definition) is 2. The molecule has 0 radical (unpaired) electrons. The van der Waals surface area contributed by atoms with Gasteiger partial charge in [0.2, 0.25) is 0 Å². The maximum Gasteiger partial charge on any atom is 0.139 e. The minimum Gasteiger partial charge on any atom is -0.508 e. The van der Waals surface area contributed by atoms with Crippen molar-refractivity contribution < 1.29 is 14.7 Å². The van der Waals surface area contributed by atoms with E-state index in [2.05, 4.69) is 10.1 Å². The van der Waals surface area contributed by atoms with Gasteiger partial charge in [0.15, 0.2) is 0 Å². The predicted molar refractivity (Wildman–Crippen MR) is 71.1 cm³/mol. The van der Waals surface area contributed by atoms with Gasteiger partial charge in [0.05, 0.1) is 16.8 Å². The zero-order valence-corrected chi connectivity index (χ0v) is 10.8. The van der Waals surface area contributed by atoms with Gasteiger partial charge in [-0.3, -0.25) is 0 Å². The van der Waals surface area contributed by atoms with E-state index in [1.165, 1.54) is 23.7 Å². The Morgan fingerprint density at radius 1 is 1.37 bits per heavy atom. The van der Waals surface area contributed by atoms with Crippen LogP contribution < -0.4 is 5.36 Å². The zero-order chi connectivity index (χ0) is 13.4. The van der Waals surface area contributed by atoms with Crippen LogP contribution in [-0.2, 0) is 0 Å². The average Bonchev–Trinajstić information content (AvgIpc) is 2.92. The molecule has 0 aliphatic carbocycles. The molecule has 0 atom stereocenters. The molecular weight excluding hydrogens is 264 g/mol. The van der Waals surface area contributed by atoms with Crippen LogP contribution in [0.3, 0.4) is 0 Å². The molecular formula is C13H10N2O3S. The number of hydrogen-bond acceptors (Lipinski definition) is 6. The highest BCUT2D eigenvalue weighted by Gasteiger charge is 2.11. The molecule has 3 aromatic rings. The summed E-state index contributed by atoms with van der Waals surface area (Å²) in [5, 5.41) is 25.1. The number of nitrogens with zero attached hydrogens (tertiary/aromatic N) is 2. The first-order valence-corrected chi connectivity index (χ1v) is 6.47. The lowest BCUT2D eigenvalue weighted by atomic mass is 10.1. The van der Waals surface area contributed by atoms with Gasteiger partial charge in [-0.2, -0.15) is 0 Å². The number of phenolic OH excluding ortho intramolecular Hbond substituents is 1. The van der Waals surface area contributed by atoms with Crippen molar-refractivity contribution in [2.45, 2.75) is 6.92 Å². The molecule has 2 aromatic heterocycles. The van der Waals surface area contributed by atoms with E-state index in [-0.39, 0.29) is 5.75 Å². The molecule has 1 aromatic carbocycles. The minimum atomic E-state index is 0.140. The van der Waals surface area contributed by atoms with Crippen LogP contribution in [-0.4, -0.2) is 15.3 Å². The fraction of sp³-hybridized carbons (Fsp3) is 0.0769. The minimum absolute atomic E-state index is 0.140. The molecule has 2 heterocycles. The molecule has 0 aliphatic rings. The number of phenols is 1. The molecule has 5 nitrogen and oxygen atoms in total. The number of aromatic hydroxyl groups is 1. The topological polar surface area (TPSA) is 78.9 Å². The Labute approximate surface area is 112 Å². The first-order valence-electron chi connectivity index (χ1n) is 5.52. The van der Waals surface area contributed by atoms with Gasteiger partial charge in [-0.15, -0.1) is 11.3 Å². The summed E-state index contributed by atoms with van der Waals surface area (Å²) in [6.45, 7) is 1.77. The normalized spacial score (nSPS) is 12.2. The van der Waals surface area contributed by atoms with Crippen molar-refractivity contribution in [1.29, 1.82) is 0 Å². The molecule has 0 amide bonds. The van der Waals surface area contributed by atoms with Crippen LogP contribution in [0.5, 0.6) is 5.75 Å². The Balaban J connectivity index is 2.42. The summed E-state index contributed by atoms with van der Waals surface area (Å²) in [6, 6.07) is 3.23. The third-order valence-corrected chi connectivity index (χ3v) is 3.51. The number of fused-ring (bicyclic) bond motifs is 1. The van der Waals surface area contributed by atoms with Crippen molar-refractivity contribution in [2.24, 2.45) is 5.16 Å². The van der Waals surface area contributed by atoms with Crippen molar-refractivity contribution in [3.8, 4) is 17.0 Å². The number of rotatable bonds is 1. The van der Waals surface area contributed by atoms with E-state index >= 15 is 0 Å². The molecule has 0 aliphatic heterocycles. The first-order chi connectivity index (χ1) is 9.20. The lowest BCUT2D eigenvalue weighted by molar-refractivity contribution is 0.302. The van der Waals surface area contributed by atoms with Gasteiger partial charge in [0, 0.05) is 16.8 Å². The van der Waals surface area contributed by atoms with Gasteiger partial charge in [-0.05, 0) is 18.6 Å². The number of aryl methyl sites for hydroxylation is 1. The first kappa shape index (κ1) is 11.7. The van der Waals surface area contributed by atoms with Gasteiger partial charge in [-0.25, -0.2) is 4.98 Å². The molecule has 2 N–H and O–H groups in total. The lowest BCUT2D eigenvalue weighted by Gasteiger charge is -2.04. The third-order valence-electron chi connectivity index (χ3n) is 2.92. The lowest BCUT2D eigenvalue weighted by Crippen LogP contribution is -2.07. The van der Waals surface area contributed by atoms with Crippen LogP contribution >= 0.6 is 11.3 Å². The smallest absolute Gasteiger partial charge is 0.139 e. The van der Waals surface area contributed by atoms with Gasteiger partial charge in [-0.1, -0.05) is 5.16 Å². The molecule has 0 bridgehead atoms. The second-order valence-electron chi connectivity index (χ2n) is 4.11. The maximum atomic E-state index is 9.67. The van der Waals surface area contributed by atoms with Crippen molar-refractivity contribution in [1.82, 2.24) is 4.98 Å². The van der Waals surface area contributed by atoms with E-state index in [1.54, 1.807) is 18.5 Å². The molecule has 0 saturated heterocycles. The van der Waals surface area contributed by atoms with E-state index in [0.717, 1.165) is 0 Å². The molecule has 0 unspecified atom stereocenters. The second kappa shape index (κ2) is 4.40. The molecule has 96 valence electrons. The Bertz CT molecular complexity index is 807. The summed E-state index contributed by atoms with van der Waals surface area (Å²) < 4.78 is 5.48. The fourth-order valence-electron chi connectivity index (χ4n) is 1.92. The van der Waals surface area contributed by atoms with Crippen LogP contribution in [0.25, 0.3) is 22.2 Å². The Morgan fingerprint density at radius 2 is 2.21 bits per heavy atom. The summed E-state index contributed by atoms with van der Waals surface area (Å²) in [5.41, 5.74) is 4.14. The highest BCUT2D eigenvalue weighted by molar-refractivity contribution is 7.07. The van der Waals surface area contributed by atoms with Crippen molar-refractivity contribution >= 4 is 22.3 Å². The SMILES string of the molecule is Cc1cc2c(=NO)c(-c3cscn3)coc2cc1O. The average molecular weight is 274 g/mol. The van der Waals surface area contributed by atoms with E-state index in [0.29, 0.717) is 33.1 Å². The van der Waals surface area contributed by atoms with Gasteiger partial charge in [0.1, 0.15) is 23.0 Å². The van der Waals surface area contributed by atoms with Crippen molar-refractivity contribution in [3.05, 3.63) is 40.2 Å². The number of aromatic nitrogens is 1. The van der Waals surface area contributed by atoms with E-state index in [4.69, 9.17) is 4.42 Å². The van der Waals surface area contributed by atoms with Gasteiger partial charge >= 0.3 is 0 Å². The number of thiazole rings is 1. The largest absolute Gasteiger partial charge is 0.508 e. The Morgan fingerprint density at radius 3 is 2.89 bits per heavy atom. The highest BCUT2D eigenvalue weighted by atomic mass is 32.1. The molecule has 6 heteroatoms. The van der Waals surface area contributed by atoms with E-state index in [1.807, 2.05) is 5.38 Å². The quantitative estimate of drug-likeness (QED) is 0.528. The third kappa shape index (κ3) is 1.86. The Hall–Kier alpha value is -2.34. The summed E-state index contributed by atoms with van der Waals surface area (Å²) in [7, 11) is 0. The summed E-state index contributed by atoms with van der Waals surface area (Å²) in [5.74, 6) is 0.140. The Kier molecular flexibility index (Phi) is 2.72. The predicted octanol–water partition coefficient (Wildman–Crippen LogP) is 2.86. The fourth-order valence-corrected chi connectivity index (χ4v) is 2.47. The summed E-state index contributed by atoms with van der Waals surface area (Å²) >= 11 is 1.45. The van der Waals surface area contributed by atoms with E-state index < -0.39 is 0 Å². The standard InChI is InChI=1S/C13H10N2O3S/c1-7-2-8-12(3-11(7)16)18-4-9(13(8)15-17)10-5-19-6-14-10/h2-6,16-17H,1H3. The second-order valence-corrected chi connectivity index (χ2v) is 4.83. The van der Waals surface area contributed by atoms with Crippen molar-refractivity contribution in [2.75, 3.05) is 0 Å². The zero-order valence-electron chi connectivity index (χ0n) is 9.99. The summed E-state index contributed by atoms with van der Waals surface area (Å²) in [4.78, 5) is 4.18. The molecule has 19 heavy (non-hydrogen) atoms. The van der Waals surface area contributed by atoms with Crippen LogP contribution in [0.15, 0.2) is 38.9 Å². The molecule has 3 rings (SSSR count). The van der Waals surface area contributed by atoms with Crippen LogP contribution in [0, 0.1) is 6.92 Å². The van der Waals surface area contributed by atoms with Crippen LogP contribution in [0.2, 0.25) is 0 Å². The van der Waals surface area contributed by atoms with Gasteiger partial charge < -0.3 is 14.7 Å². The molecule has 0 spiro atoms. The van der Waals surface area contributed by atoms with Gasteiger partial charge in [0.25, 0.3) is 0 Å². The van der Waals surface area contributed by atoms with Crippen molar-refractivity contribution in [3.63, 3.8) is 0 Å². The monoisotopic (exact) mass is 274 g/mol. The maximum absolute atomic E-state index is 9.67.